The lowest BCUT2D eigenvalue weighted by molar-refractivity contribution is -0.115. The average Bonchev–Trinajstić information content (AvgIpc) is 2.69. The summed E-state index contributed by atoms with van der Waals surface area (Å²) in [6.45, 7) is 5.95. The van der Waals surface area contributed by atoms with E-state index in [1.54, 1.807) is 12.4 Å². The number of allylic oxidation sites excluding steroid dienone is 3. The molecule has 6 nitrogen and oxygen atoms in total. The number of ketones is 1. The minimum atomic E-state index is -0.222. The molecule has 1 aliphatic rings. The highest BCUT2D eigenvalue weighted by Gasteiger charge is 2.20. The van der Waals surface area contributed by atoms with Crippen LogP contribution in [0.5, 0.6) is 0 Å². The molecule has 1 amide bonds. The second kappa shape index (κ2) is 8.92. The molecule has 2 aromatic rings. The summed E-state index contributed by atoms with van der Waals surface area (Å²) in [4.78, 5) is 35.8. The Hall–Kier alpha value is -2.80. The van der Waals surface area contributed by atoms with Gasteiger partial charge in [0.2, 0.25) is 5.95 Å². The molecule has 0 saturated heterocycles. The van der Waals surface area contributed by atoms with Crippen LogP contribution in [-0.4, -0.2) is 42.3 Å². The SMILES string of the molecule is CC1=CC(C)=C(CNC(=O)c2cc(-c3cnc(N(C)C)nc3)cc(Br)c2C)C(=O)C1. The Morgan fingerprint density at radius 1 is 1.13 bits per heavy atom. The van der Waals surface area contributed by atoms with E-state index in [9.17, 15) is 9.59 Å². The molecule has 0 fully saturated rings. The van der Waals surface area contributed by atoms with E-state index in [4.69, 9.17) is 0 Å². The summed E-state index contributed by atoms with van der Waals surface area (Å²) in [6, 6.07) is 3.78. The first kappa shape index (κ1) is 21.9. The highest BCUT2D eigenvalue weighted by molar-refractivity contribution is 9.10. The van der Waals surface area contributed by atoms with Crippen LogP contribution in [0.2, 0.25) is 0 Å². The Bertz CT molecular complexity index is 1070. The van der Waals surface area contributed by atoms with Crippen molar-refractivity contribution in [3.8, 4) is 11.1 Å². The zero-order chi connectivity index (χ0) is 22.0. The van der Waals surface area contributed by atoms with Crippen LogP contribution < -0.4 is 10.2 Å². The first-order chi connectivity index (χ1) is 14.2. The number of nitrogens with zero attached hydrogens (tertiary/aromatic N) is 3. The zero-order valence-electron chi connectivity index (χ0n) is 17.8. The second-order valence-corrected chi connectivity index (χ2v) is 8.59. The van der Waals surface area contributed by atoms with Crippen LogP contribution in [0.15, 0.2) is 51.8 Å². The van der Waals surface area contributed by atoms with Crippen molar-refractivity contribution in [1.82, 2.24) is 15.3 Å². The van der Waals surface area contributed by atoms with E-state index in [1.807, 2.05) is 58.0 Å². The van der Waals surface area contributed by atoms with E-state index in [1.165, 1.54) is 0 Å². The molecule has 1 heterocycles. The number of carbonyl (C=O) groups is 2. The van der Waals surface area contributed by atoms with E-state index in [-0.39, 0.29) is 18.2 Å². The van der Waals surface area contributed by atoms with Crippen molar-refractivity contribution in [3.05, 3.63) is 62.9 Å². The number of rotatable bonds is 5. The van der Waals surface area contributed by atoms with E-state index in [0.29, 0.717) is 23.5 Å². The minimum absolute atomic E-state index is 0.0672. The monoisotopic (exact) mass is 468 g/mol. The number of Topliss-reactive ketones (excluding diaryl/α,β-unsaturated/α-hetero) is 1. The molecule has 1 aromatic carbocycles. The summed E-state index contributed by atoms with van der Waals surface area (Å²) in [6.07, 6.45) is 5.89. The summed E-state index contributed by atoms with van der Waals surface area (Å²) in [5, 5.41) is 2.91. The maximum absolute atomic E-state index is 12.9. The number of nitrogens with one attached hydrogen (secondary N) is 1. The molecular weight excluding hydrogens is 444 g/mol. The lowest BCUT2D eigenvalue weighted by Crippen LogP contribution is -2.29. The molecule has 0 saturated carbocycles. The molecule has 0 atom stereocenters. The van der Waals surface area contributed by atoms with Gasteiger partial charge in [0.1, 0.15) is 0 Å². The Kier molecular flexibility index (Phi) is 6.51. The van der Waals surface area contributed by atoms with Crippen LogP contribution in [0.3, 0.4) is 0 Å². The fraction of sp³-hybridized carbons (Fsp3) is 0.304. The van der Waals surface area contributed by atoms with Crippen molar-refractivity contribution in [3.63, 3.8) is 0 Å². The standard InChI is InChI=1S/C23H25BrN4O2/c1-13-6-14(2)19(21(29)7-13)12-25-22(30)18-8-16(9-20(24)15(18)3)17-10-26-23(27-11-17)28(4)5/h6,8-11H,7,12H2,1-5H3,(H,25,30). The smallest absolute Gasteiger partial charge is 0.251 e. The van der Waals surface area contributed by atoms with E-state index < -0.39 is 0 Å². The molecule has 30 heavy (non-hydrogen) atoms. The Morgan fingerprint density at radius 2 is 1.80 bits per heavy atom. The molecule has 1 aromatic heterocycles. The fourth-order valence-corrected chi connectivity index (χ4v) is 3.83. The first-order valence-electron chi connectivity index (χ1n) is 9.65. The van der Waals surface area contributed by atoms with Crippen molar-refractivity contribution >= 4 is 33.6 Å². The topological polar surface area (TPSA) is 75.2 Å². The van der Waals surface area contributed by atoms with Crippen LogP contribution in [0, 0.1) is 6.92 Å². The third kappa shape index (κ3) is 4.67. The van der Waals surface area contributed by atoms with Gasteiger partial charge in [0.05, 0.1) is 0 Å². The summed E-state index contributed by atoms with van der Waals surface area (Å²) >= 11 is 3.55. The number of hydrogen-bond donors (Lipinski definition) is 1. The van der Waals surface area contributed by atoms with Crippen LogP contribution >= 0.6 is 15.9 Å². The molecule has 0 radical (unpaired) electrons. The molecular formula is C23H25BrN4O2. The van der Waals surface area contributed by atoms with Gasteiger partial charge >= 0.3 is 0 Å². The predicted molar refractivity (Wildman–Crippen MR) is 123 cm³/mol. The van der Waals surface area contributed by atoms with Gasteiger partial charge < -0.3 is 10.2 Å². The first-order valence-corrected chi connectivity index (χ1v) is 10.4. The van der Waals surface area contributed by atoms with Gasteiger partial charge in [0, 0.05) is 60.6 Å². The highest BCUT2D eigenvalue weighted by atomic mass is 79.9. The number of anilines is 1. The van der Waals surface area contributed by atoms with Gasteiger partial charge in [-0.05, 0) is 49.6 Å². The molecule has 1 aliphatic carbocycles. The van der Waals surface area contributed by atoms with Crippen molar-refractivity contribution in [2.45, 2.75) is 27.2 Å². The van der Waals surface area contributed by atoms with Gasteiger partial charge in [-0.1, -0.05) is 27.6 Å². The number of hydrogen-bond acceptors (Lipinski definition) is 5. The van der Waals surface area contributed by atoms with Crippen molar-refractivity contribution in [1.29, 1.82) is 0 Å². The van der Waals surface area contributed by atoms with E-state index >= 15 is 0 Å². The molecule has 156 valence electrons. The normalized spacial score (nSPS) is 13.9. The third-order valence-corrected chi connectivity index (χ3v) is 5.92. The van der Waals surface area contributed by atoms with E-state index in [0.717, 1.165) is 32.3 Å². The number of amides is 1. The Labute approximate surface area is 185 Å². The predicted octanol–water partition coefficient (Wildman–Crippen LogP) is 4.25. The zero-order valence-corrected chi connectivity index (χ0v) is 19.4. The van der Waals surface area contributed by atoms with Crippen LogP contribution in [-0.2, 0) is 4.79 Å². The van der Waals surface area contributed by atoms with Gasteiger partial charge in [-0.2, -0.15) is 0 Å². The number of aromatic nitrogens is 2. The van der Waals surface area contributed by atoms with Crippen LogP contribution in [0.4, 0.5) is 5.95 Å². The quantitative estimate of drug-likeness (QED) is 0.709. The fourth-order valence-electron chi connectivity index (χ4n) is 3.37. The van der Waals surface area contributed by atoms with Crippen molar-refractivity contribution in [2.75, 3.05) is 25.5 Å². The number of carbonyl (C=O) groups excluding carboxylic acids is 2. The molecule has 0 bridgehead atoms. The summed E-state index contributed by atoms with van der Waals surface area (Å²) in [5.74, 6) is 0.464. The van der Waals surface area contributed by atoms with Gasteiger partial charge in [-0.15, -0.1) is 0 Å². The lowest BCUT2D eigenvalue weighted by Gasteiger charge is -2.17. The largest absolute Gasteiger partial charge is 0.348 e. The maximum atomic E-state index is 12.9. The highest BCUT2D eigenvalue weighted by Crippen LogP contribution is 2.29. The Balaban J connectivity index is 1.86. The number of benzene rings is 1. The molecule has 1 N–H and O–H groups in total. The van der Waals surface area contributed by atoms with Crippen molar-refractivity contribution in [2.24, 2.45) is 0 Å². The summed E-state index contributed by atoms with van der Waals surface area (Å²) in [7, 11) is 3.76. The molecule has 3 rings (SSSR count). The van der Waals surface area contributed by atoms with Gasteiger partial charge in [-0.25, -0.2) is 9.97 Å². The van der Waals surface area contributed by atoms with Crippen LogP contribution in [0.1, 0.15) is 36.2 Å². The maximum Gasteiger partial charge on any atom is 0.251 e. The van der Waals surface area contributed by atoms with Gasteiger partial charge in [0.25, 0.3) is 5.91 Å². The van der Waals surface area contributed by atoms with E-state index in [2.05, 4.69) is 31.2 Å². The second-order valence-electron chi connectivity index (χ2n) is 7.73. The molecule has 0 spiro atoms. The average molecular weight is 469 g/mol. The molecule has 0 aliphatic heterocycles. The number of halogens is 1. The molecule has 0 unspecified atom stereocenters. The van der Waals surface area contributed by atoms with Gasteiger partial charge in [0.15, 0.2) is 5.78 Å². The lowest BCUT2D eigenvalue weighted by atomic mass is 9.92. The minimum Gasteiger partial charge on any atom is -0.348 e. The van der Waals surface area contributed by atoms with Gasteiger partial charge in [-0.3, -0.25) is 9.59 Å². The third-order valence-electron chi connectivity index (χ3n) is 5.10. The van der Waals surface area contributed by atoms with Crippen LogP contribution in [0.25, 0.3) is 11.1 Å². The summed E-state index contributed by atoms with van der Waals surface area (Å²) < 4.78 is 0.824. The summed E-state index contributed by atoms with van der Waals surface area (Å²) in [5.41, 5.74) is 5.65. The van der Waals surface area contributed by atoms with Crippen molar-refractivity contribution < 1.29 is 9.59 Å². The Morgan fingerprint density at radius 3 is 2.40 bits per heavy atom. The molecule has 7 heteroatoms.